The van der Waals surface area contributed by atoms with Crippen LogP contribution in [0.15, 0.2) is 70.5 Å². The Balaban J connectivity index is 1.63. The van der Waals surface area contributed by atoms with E-state index in [0.29, 0.717) is 39.7 Å². The number of aryl methyl sites for hydroxylation is 2. The van der Waals surface area contributed by atoms with Crippen LogP contribution in [0.4, 0.5) is 5.69 Å². The largest absolute Gasteiger partial charge is 0.352 e. The zero-order valence-corrected chi connectivity index (χ0v) is 23.4. The number of nitrogens with one attached hydrogen (secondary N) is 2. The monoisotopic (exact) mass is 532 g/mol. The molecule has 0 saturated carbocycles. The van der Waals surface area contributed by atoms with Crippen molar-refractivity contribution in [3.63, 3.8) is 0 Å². The maximum Gasteiger partial charge on any atom is 0.273 e. The van der Waals surface area contributed by atoms with E-state index in [0.717, 1.165) is 42.7 Å². The van der Waals surface area contributed by atoms with Gasteiger partial charge >= 0.3 is 0 Å². The number of hydrogen-bond donors (Lipinski definition) is 2. The summed E-state index contributed by atoms with van der Waals surface area (Å²) >= 11 is 0. The first-order chi connectivity index (χ1) is 18.3. The number of hydrogen-bond acceptors (Lipinski definition) is 5. The molecule has 1 aliphatic rings. The molecule has 7 nitrogen and oxygen atoms in total. The van der Waals surface area contributed by atoms with Crippen LogP contribution in [0.1, 0.15) is 57.7 Å². The van der Waals surface area contributed by atoms with Gasteiger partial charge in [0.2, 0.25) is 0 Å². The summed E-state index contributed by atoms with van der Waals surface area (Å²) in [5.41, 5.74) is 7.77. The van der Waals surface area contributed by atoms with Crippen LogP contribution in [0, 0.1) is 13.8 Å². The molecule has 0 aromatic heterocycles. The molecule has 8 heteroatoms. The highest BCUT2D eigenvalue weighted by Crippen LogP contribution is 2.34. The Labute approximate surface area is 227 Å². The van der Waals surface area contributed by atoms with Crippen molar-refractivity contribution >= 4 is 28.3 Å². The number of benzene rings is 3. The topological polar surface area (TPSA) is 81.8 Å². The third-order valence-electron chi connectivity index (χ3n) is 6.95. The molecule has 0 radical (unpaired) electrons. The summed E-state index contributed by atoms with van der Waals surface area (Å²) in [4.78, 5) is 30.0. The van der Waals surface area contributed by atoms with E-state index in [1.165, 1.54) is 5.01 Å². The molecule has 0 saturated heterocycles. The Morgan fingerprint density at radius 1 is 0.974 bits per heavy atom. The van der Waals surface area contributed by atoms with Gasteiger partial charge in [0.15, 0.2) is 0 Å². The Kier molecular flexibility index (Phi) is 9.09. The maximum absolute atomic E-state index is 13.8. The lowest BCUT2D eigenvalue weighted by Crippen LogP contribution is -2.43. The fourth-order valence-corrected chi connectivity index (χ4v) is 5.93. The van der Waals surface area contributed by atoms with Crippen LogP contribution in [0.25, 0.3) is 0 Å². The second kappa shape index (κ2) is 12.5. The van der Waals surface area contributed by atoms with Gasteiger partial charge in [-0.3, -0.25) is 9.59 Å². The van der Waals surface area contributed by atoms with Crippen molar-refractivity contribution in [2.24, 2.45) is 0 Å². The number of nitrogens with zero attached hydrogens (tertiary/aromatic N) is 2. The molecule has 1 heterocycles. The first kappa shape index (κ1) is 27.7. The molecule has 3 aromatic rings. The van der Waals surface area contributed by atoms with Crippen LogP contribution in [0.5, 0.6) is 0 Å². The van der Waals surface area contributed by atoms with Crippen molar-refractivity contribution in [2.75, 3.05) is 31.2 Å². The van der Waals surface area contributed by atoms with Gasteiger partial charge in [0, 0.05) is 18.7 Å². The van der Waals surface area contributed by atoms with E-state index < -0.39 is 10.8 Å². The molecular weight excluding hydrogens is 496 g/mol. The zero-order chi connectivity index (χ0) is 27.2. The van der Waals surface area contributed by atoms with Gasteiger partial charge in [-0.05, 0) is 81.4 Å². The van der Waals surface area contributed by atoms with Gasteiger partial charge in [0.05, 0.1) is 31.8 Å². The highest BCUT2D eigenvalue weighted by molar-refractivity contribution is 7.85. The summed E-state index contributed by atoms with van der Waals surface area (Å²) in [5, 5.41) is 4.43. The first-order valence-corrected chi connectivity index (χ1v) is 14.3. The smallest absolute Gasteiger partial charge is 0.273 e. The number of fused-ring (bicyclic) bond motifs is 2. The molecule has 1 unspecified atom stereocenters. The minimum absolute atomic E-state index is 0.221. The van der Waals surface area contributed by atoms with Crippen molar-refractivity contribution in [1.82, 2.24) is 15.6 Å². The lowest BCUT2D eigenvalue weighted by atomic mass is 10.1. The van der Waals surface area contributed by atoms with Gasteiger partial charge < -0.3 is 10.2 Å². The van der Waals surface area contributed by atoms with Gasteiger partial charge in [-0.25, -0.2) is 14.6 Å². The summed E-state index contributed by atoms with van der Waals surface area (Å²) in [6.45, 7) is 12.1. The summed E-state index contributed by atoms with van der Waals surface area (Å²) in [6.07, 6.45) is 0.847. The predicted octanol–water partition coefficient (Wildman–Crippen LogP) is 4.60. The van der Waals surface area contributed by atoms with E-state index in [2.05, 4.69) is 47.7 Å². The first-order valence-electron chi connectivity index (χ1n) is 13.1. The lowest BCUT2D eigenvalue weighted by molar-refractivity contribution is 0.0946. The van der Waals surface area contributed by atoms with E-state index in [9.17, 15) is 13.8 Å². The average Bonchev–Trinajstić information content (AvgIpc) is 3.02. The van der Waals surface area contributed by atoms with Crippen molar-refractivity contribution in [1.29, 1.82) is 0 Å². The summed E-state index contributed by atoms with van der Waals surface area (Å²) in [5.74, 6) is -0.531. The summed E-state index contributed by atoms with van der Waals surface area (Å²) in [7, 11) is -1.58. The summed E-state index contributed by atoms with van der Waals surface area (Å²) in [6, 6.07) is 18.2. The Hall–Kier alpha value is -3.33. The quantitative estimate of drug-likeness (QED) is 0.373. The minimum atomic E-state index is -1.58. The third-order valence-corrected chi connectivity index (χ3v) is 8.45. The van der Waals surface area contributed by atoms with E-state index >= 15 is 0 Å². The average molecular weight is 533 g/mol. The molecule has 1 atom stereocenters. The second-order valence-electron chi connectivity index (χ2n) is 9.49. The molecule has 4 rings (SSSR count). The molecule has 2 N–H and O–H groups in total. The molecule has 2 amide bonds. The normalized spacial score (nSPS) is 14.7. The molecule has 1 aliphatic heterocycles. The van der Waals surface area contributed by atoms with Crippen LogP contribution < -0.4 is 15.8 Å². The number of carbonyl (C=O) groups excluding carboxylic acids is 2. The lowest BCUT2D eigenvalue weighted by Gasteiger charge is -2.25. The standard InChI is InChI=1S/C30H36N4O3S/c1-5-33(6-2)17-9-16-31-29(35)23-14-15-28-26(19-23)34(32-20-24-18-21(3)12-13-22(24)4)30(36)25-10-7-8-11-27(25)38(28)37/h7-8,10-15,18-19,32H,5-6,9,16-17,20H2,1-4H3,(H,31,35). The molecule has 0 aliphatic carbocycles. The minimum Gasteiger partial charge on any atom is -0.352 e. The number of hydrazine groups is 1. The van der Waals surface area contributed by atoms with Gasteiger partial charge in [-0.15, -0.1) is 0 Å². The second-order valence-corrected chi connectivity index (χ2v) is 10.9. The molecule has 200 valence electrons. The molecular formula is C30H36N4O3S. The molecule has 0 spiro atoms. The fraction of sp³-hybridized carbons (Fsp3) is 0.333. The molecule has 0 fully saturated rings. The van der Waals surface area contributed by atoms with Crippen molar-refractivity contribution in [3.8, 4) is 0 Å². The molecule has 0 bridgehead atoms. The Bertz CT molecular complexity index is 1350. The van der Waals surface area contributed by atoms with Crippen LogP contribution in [-0.2, 0) is 17.3 Å². The zero-order valence-electron chi connectivity index (χ0n) is 22.5. The Morgan fingerprint density at radius 3 is 2.50 bits per heavy atom. The number of carbonyl (C=O) groups is 2. The molecule has 3 aromatic carbocycles. The third kappa shape index (κ3) is 6.04. The predicted molar refractivity (Wildman–Crippen MR) is 152 cm³/mol. The van der Waals surface area contributed by atoms with E-state index in [-0.39, 0.29) is 11.8 Å². The van der Waals surface area contributed by atoms with Gasteiger partial charge in [-0.1, -0.05) is 49.7 Å². The highest BCUT2D eigenvalue weighted by atomic mass is 32.2. The maximum atomic E-state index is 13.8. The van der Waals surface area contributed by atoms with Crippen molar-refractivity contribution in [2.45, 2.75) is 50.5 Å². The van der Waals surface area contributed by atoms with Crippen LogP contribution >= 0.6 is 0 Å². The van der Waals surface area contributed by atoms with Gasteiger partial charge in [0.1, 0.15) is 0 Å². The SMILES string of the molecule is CCN(CC)CCCNC(=O)c1ccc2c(c1)N(NCc1cc(C)ccc1C)C(=O)c1ccccc1S2=O. The number of anilines is 1. The van der Waals surface area contributed by atoms with Crippen LogP contribution in [0.2, 0.25) is 0 Å². The fourth-order valence-electron chi connectivity index (χ4n) is 4.60. The Morgan fingerprint density at radius 2 is 1.74 bits per heavy atom. The van der Waals surface area contributed by atoms with Crippen molar-refractivity contribution < 1.29 is 13.8 Å². The van der Waals surface area contributed by atoms with Crippen LogP contribution in [0.3, 0.4) is 0 Å². The van der Waals surface area contributed by atoms with E-state index in [1.54, 1.807) is 42.5 Å². The highest BCUT2D eigenvalue weighted by Gasteiger charge is 2.31. The van der Waals surface area contributed by atoms with Gasteiger partial charge in [0.25, 0.3) is 11.8 Å². The number of rotatable bonds is 10. The van der Waals surface area contributed by atoms with E-state index in [1.807, 2.05) is 13.8 Å². The number of amides is 2. The molecule has 38 heavy (non-hydrogen) atoms. The van der Waals surface area contributed by atoms with Crippen molar-refractivity contribution in [3.05, 3.63) is 88.5 Å². The van der Waals surface area contributed by atoms with E-state index in [4.69, 9.17) is 0 Å². The van der Waals surface area contributed by atoms with Gasteiger partial charge in [-0.2, -0.15) is 0 Å². The summed E-state index contributed by atoms with van der Waals surface area (Å²) < 4.78 is 13.6. The van der Waals surface area contributed by atoms with Crippen LogP contribution in [-0.4, -0.2) is 47.1 Å².